The van der Waals surface area contributed by atoms with Gasteiger partial charge in [0.2, 0.25) is 11.8 Å². The molecule has 6 nitrogen and oxygen atoms in total. The van der Waals surface area contributed by atoms with Gasteiger partial charge in [-0.2, -0.15) is 0 Å². The van der Waals surface area contributed by atoms with Crippen molar-refractivity contribution in [3.63, 3.8) is 0 Å². The molecular formula is C23H25N3O3. The summed E-state index contributed by atoms with van der Waals surface area (Å²) in [5.74, 6) is 1.01. The number of hydrogen-bond donors (Lipinski definition) is 1. The number of piperidine rings is 1. The van der Waals surface area contributed by atoms with Gasteiger partial charge < -0.3 is 15.0 Å². The van der Waals surface area contributed by atoms with Gasteiger partial charge in [0.15, 0.2) is 0 Å². The number of nitrogens with one attached hydrogen (secondary N) is 1. The van der Waals surface area contributed by atoms with Crippen molar-refractivity contribution in [2.24, 2.45) is 0 Å². The average Bonchev–Trinajstić information content (AvgIpc) is 2.88. The summed E-state index contributed by atoms with van der Waals surface area (Å²) in [7, 11) is 0. The SMILES string of the molecule is O=C(CN1CCOc2ccccc2C1)N1CCCC2(C1)C(=O)Nc1ccccc12. The van der Waals surface area contributed by atoms with E-state index in [1.165, 1.54) is 0 Å². The Morgan fingerprint density at radius 3 is 2.86 bits per heavy atom. The maximum absolute atomic E-state index is 13.2. The Morgan fingerprint density at radius 1 is 1.10 bits per heavy atom. The van der Waals surface area contributed by atoms with Gasteiger partial charge in [-0.15, -0.1) is 0 Å². The number of fused-ring (bicyclic) bond motifs is 3. The van der Waals surface area contributed by atoms with Crippen molar-refractivity contribution < 1.29 is 14.3 Å². The van der Waals surface area contributed by atoms with E-state index < -0.39 is 5.41 Å². The van der Waals surface area contributed by atoms with Crippen molar-refractivity contribution in [2.75, 3.05) is 38.1 Å². The molecule has 1 spiro atoms. The maximum atomic E-state index is 13.2. The quantitative estimate of drug-likeness (QED) is 0.854. The zero-order valence-corrected chi connectivity index (χ0v) is 16.4. The van der Waals surface area contributed by atoms with Crippen molar-refractivity contribution in [1.29, 1.82) is 0 Å². The normalized spacial score (nSPS) is 23.7. The second-order valence-corrected chi connectivity index (χ2v) is 8.17. The van der Waals surface area contributed by atoms with Crippen LogP contribution in [-0.2, 0) is 21.5 Å². The molecule has 1 atom stereocenters. The summed E-state index contributed by atoms with van der Waals surface area (Å²) < 4.78 is 5.82. The molecule has 1 fully saturated rings. The highest BCUT2D eigenvalue weighted by atomic mass is 16.5. The van der Waals surface area contributed by atoms with Crippen LogP contribution >= 0.6 is 0 Å². The number of ether oxygens (including phenoxy) is 1. The minimum Gasteiger partial charge on any atom is -0.492 e. The largest absolute Gasteiger partial charge is 0.492 e. The first-order chi connectivity index (χ1) is 14.2. The molecule has 0 saturated carbocycles. The predicted molar refractivity (Wildman–Crippen MR) is 110 cm³/mol. The number of carbonyl (C=O) groups excluding carboxylic acids is 2. The predicted octanol–water partition coefficient (Wildman–Crippen LogP) is 2.39. The van der Waals surface area contributed by atoms with Crippen molar-refractivity contribution >= 4 is 17.5 Å². The minimum atomic E-state index is -0.612. The molecule has 6 heteroatoms. The second-order valence-electron chi connectivity index (χ2n) is 8.17. The van der Waals surface area contributed by atoms with Crippen LogP contribution in [0.1, 0.15) is 24.0 Å². The monoisotopic (exact) mass is 391 g/mol. The molecule has 3 aliphatic heterocycles. The highest BCUT2D eigenvalue weighted by Crippen LogP contribution is 2.43. The first-order valence-corrected chi connectivity index (χ1v) is 10.3. The van der Waals surface area contributed by atoms with Crippen LogP contribution in [0.5, 0.6) is 5.75 Å². The molecule has 1 N–H and O–H groups in total. The molecule has 150 valence electrons. The second kappa shape index (κ2) is 7.19. The van der Waals surface area contributed by atoms with Crippen molar-refractivity contribution in [1.82, 2.24) is 9.80 Å². The van der Waals surface area contributed by atoms with Crippen LogP contribution in [0.2, 0.25) is 0 Å². The first-order valence-electron chi connectivity index (χ1n) is 10.3. The molecule has 3 heterocycles. The van der Waals surface area contributed by atoms with Gasteiger partial charge >= 0.3 is 0 Å². The van der Waals surface area contributed by atoms with E-state index in [0.717, 1.165) is 35.4 Å². The summed E-state index contributed by atoms with van der Waals surface area (Å²) in [6, 6.07) is 15.9. The van der Waals surface area contributed by atoms with Gasteiger partial charge in [-0.05, 0) is 30.5 Å². The number of rotatable bonds is 2. The number of hydrogen-bond acceptors (Lipinski definition) is 4. The van der Waals surface area contributed by atoms with E-state index in [-0.39, 0.29) is 11.8 Å². The summed E-state index contributed by atoms with van der Waals surface area (Å²) in [4.78, 5) is 30.0. The van der Waals surface area contributed by atoms with Gasteiger partial charge in [-0.3, -0.25) is 14.5 Å². The Labute approximate surface area is 170 Å². The summed E-state index contributed by atoms with van der Waals surface area (Å²) in [6.45, 7) is 3.49. The van der Waals surface area contributed by atoms with Crippen molar-refractivity contribution in [2.45, 2.75) is 24.8 Å². The molecule has 3 aliphatic rings. The smallest absolute Gasteiger partial charge is 0.236 e. The fraction of sp³-hybridized carbons (Fsp3) is 0.391. The van der Waals surface area contributed by atoms with Crippen LogP contribution < -0.4 is 10.1 Å². The van der Waals surface area contributed by atoms with E-state index in [1.54, 1.807) is 0 Å². The Hall–Kier alpha value is -2.86. The van der Waals surface area contributed by atoms with E-state index in [4.69, 9.17) is 4.74 Å². The highest BCUT2D eigenvalue weighted by Gasteiger charge is 2.49. The number of para-hydroxylation sites is 2. The standard InChI is InChI=1S/C23H25N3O3/c27-21(15-25-12-13-29-20-9-4-1-6-17(20)14-25)26-11-5-10-23(16-26)18-7-2-3-8-19(18)24-22(23)28/h1-4,6-9H,5,10-16H2,(H,24,28). The average molecular weight is 391 g/mol. The Kier molecular flexibility index (Phi) is 4.51. The Bertz CT molecular complexity index is 960. The molecule has 2 aromatic carbocycles. The Balaban J connectivity index is 1.32. The van der Waals surface area contributed by atoms with Crippen LogP contribution in [0.3, 0.4) is 0 Å². The topological polar surface area (TPSA) is 61.9 Å². The van der Waals surface area contributed by atoms with Gasteiger partial charge in [0.25, 0.3) is 0 Å². The molecule has 2 amide bonds. The number of carbonyl (C=O) groups is 2. The number of amides is 2. The van der Waals surface area contributed by atoms with Gasteiger partial charge in [-0.1, -0.05) is 36.4 Å². The fourth-order valence-corrected chi connectivity index (χ4v) is 4.85. The molecule has 1 saturated heterocycles. The van der Waals surface area contributed by atoms with E-state index in [1.807, 2.05) is 53.4 Å². The lowest BCUT2D eigenvalue weighted by atomic mass is 9.75. The molecule has 1 unspecified atom stereocenters. The summed E-state index contributed by atoms with van der Waals surface area (Å²) in [5.41, 5.74) is 2.41. The van der Waals surface area contributed by atoms with Crippen LogP contribution in [0.25, 0.3) is 0 Å². The van der Waals surface area contributed by atoms with Crippen LogP contribution in [0.4, 0.5) is 5.69 Å². The maximum Gasteiger partial charge on any atom is 0.236 e. The van der Waals surface area contributed by atoms with Gasteiger partial charge in [0, 0.05) is 37.4 Å². The zero-order valence-electron chi connectivity index (χ0n) is 16.4. The molecule has 5 rings (SSSR count). The fourth-order valence-electron chi connectivity index (χ4n) is 4.85. The highest BCUT2D eigenvalue weighted by molar-refractivity contribution is 6.06. The lowest BCUT2D eigenvalue weighted by Gasteiger charge is -2.39. The van der Waals surface area contributed by atoms with Gasteiger partial charge in [0.1, 0.15) is 12.4 Å². The molecular weight excluding hydrogens is 366 g/mol. The third-order valence-corrected chi connectivity index (χ3v) is 6.36. The summed E-state index contributed by atoms with van der Waals surface area (Å²) in [5, 5.41) is 3.01. The summed E-state index contributed by atoms with van der Waals surface area (Å²) in [6.07, 6.45) is 1.62. The third-order valence-electron chi connectivity index (χ3n) is 6.36. The van der Waals surface area contributed by atoms with E-state index in [9.17, 15) is 9.59 Å². The lowest BCUT2D eigenvalue weighted by Crippen LogP contribution is -2.53. The van der Waals surface area contributed by atoms with Crippen LogP contribution in [-0.4, -0.2) is 54.4 Å². The molecule has 0 aromatic heterocycles. The molecule has 0 aliphatic carbocycles. The number of nitrogens with zero attached hydrogens (tertiary/aromatic N) is 2. The van der Waals surface area contributed by atoms with Crippen LogP contribution in [0.15, 0.2) is 48.5 Å². The van der Waals surface area contributed by atoms with Crippen molar-refractivity contribution in [3.05, 3.63) is 59.7 Å². The number of benzene rings is 2. The van der Waals surface area contributed by atoms with E-state index in [0.29, 0.717) is 39.3 Å². The Morgan fingerprint density at radius 2 is 1.93 bits per heavy atom. The first kappa shape index (κ1) is 18.2. The van der Waals surface area contributed by atoms with E-state index >= 15 is 0 Å². The minimum absolute atomic E-state index is 0.0216. The molecule has 0 radical (unpaired) electrons. The molecule has 0 bridgehead atoms. The third kappa shape index (κ3) is 3.17. The lowest BCUT2D eigenvalue weighted by molar-refractivity contribution is -0.136. The van der Waals surface area contributed by atoms with Gasteiger partial charge in [0.05, 0.1) is 12.0 Å². The molecule has 29 heavy (non-hydrogen) atoms. The van der Waals surface area contributed by atoms with Crippen molar-refractivity contribution in [3.8, 4) is 5.75 Å². The number of likely N-dealkylation sites (tertiary alicyclic amines) is 1. The zero-order chi connectivity index (χ0) is 19.8. The van der Waals surface area contributed by atoms with Crippen LogP contribution in [0, 0.1) is 0 Å². The van der Waals surface area contributed by atoms with Gasteiger partial charge in [-0.25, -0.2) is 0 Å². The number of anilines is 1. The molecule has 2 aromatic rings. The van der Waals surface area contributed by atoms with E-state index in [2.05, 4.69) is 10.2 Å². The summed E-state index contributed by atoms with van der Waals surface area (Å²) >= 11 is 0.